The molecule has 0 spiro atoms. The van der Waals surface area contributed by atoms with E-state index in [-0.39, 0.29) is 6.61 Å². The van der Waals surface area contributed by atoms with Crippen LogP contribution >= 0.6 is 11.6 Å². The third kappa shape index (κ3) is 4.36. The molecular weight excluding hydrogens is 321 g/mol. The van der Waals surface area contributed by atoms with Gasteiger partial charge in [0, 0.05) is 11.1 Å². The molecule has 4 nitrogen and oxygen atoms in total. The fourth-order valence-electron chi connectivity index (χ4n) is 2.02. The standard InChI is InChI=1S/C17H17ClFNO3/c1-3-22-16-10-12(19)6-8-15(16)20-14-7-5-11(18)9-13(14)17(21)23-4-2/h5-10,20H,3-4H2,1-2H3. The number of halogens is 2. The normalized spacial score (nSPS) is 10.3. The van der Waals surface area contributed by atoms with Crippen LogP contribution in [0.25, 0.3) is 0 Å². The summed E-state index contributed by atoms with van der Waals surface area (Å²) in [4.78, 5) is 12.1. The molecule has 0 amide bonds. The van der Waals surface area contributed by atoms with Crippen LogP contribution in [0, 0.1) is 5.82 Å². The van der Waals surface area contributed by atoms with Gasteiger partial charge in [0.1, 0.15) is 11.6 Å². The van der Waals surface area contributed by atoms with E-state index in [0.29, 0.717) is 34.3 Å². The number of nitrogens with one attached hydrogen (secondary N) is 1. The topological polar surface area (TPSA) is 47.6 Å². The summed E-state index contributed by atoms with van der Waals surface area (Å²) >= 11 is 5.96. The predicted molar refractivity (Wildman–Crippen MR) is 88.3 cm³/mol. The van der Waals surface area contributed by atoms with Crippen LogP contribution in [0.4, 0.5) is 15.8 Å². The second-order valence-electron chi connectivity index (χ2n) is 4.61. The van der Waals surface area contributed by atoms with Crippen molar-refractivity contribution in [1.29, 1.82) is 0 Å². The van der Waals surface area contributed by atoms with Crippen LogP contribution in [0.1, 0.15) is 24.2 Å². The van der Waals surface area contributed by atoms with E-state index in [1.165, 1.54) is 18.2 Å². The number of rotatable bonds is 6. The first-order valence-electron chi connectivity index (χ1n) is 7.21. The van der Waals surface area contributed by atoms with Crippen LogP contribution in [-0.2, 0) is 4.74 Å². The van der Waals surface area contributed by atoms with Gasteiger partial charge in [-0.05, 0) is 44.2 Å². The van der Waals surface area contributed by atoms with Crippen molar-refractivity contribution in [3.05, 3.63) is 52.8 Å². The van der Waals surface area contributed by atoms with E-state index >= 15 is 0 Å². The molecule has 0 heterocycles. The van der Waals surface area contributed by atoms with Crippen LogP contribution in [0.15, 0.2) is 36.4 Å². The van der Waals surface area contributed by atoms with Crippen molar-refractivity contribution in [3.8, 4) is 5.75 Å². The number of hydrogen-bond acceptors (Lipinski definition) is 4. The maximum Gasteiger partial charge on any atom is 0.340 e. The summed E-state index contributed by atoms with van der Waals surface area (Å²) in [7, 11) is 0. The van der Waals surface area contributed by atoms with Crippen molar-refractivity contribution in [3.63, 3.8) is 0 Å². The molecule has 2 rings (SSSR count). The molecular formula is C17H17ClFNO3. The lowest BCUT2D eigenvalue weighted by Crippen LogP contribution is -2.08. The Morgan fingerprint density at radius 2 is 1.87 bits per heavy atom. The van der Waals surface area contributed by atoms with Gasteiger partial charge in [0.15, 0.2) is 0 Å². The zero-order valence-electron chi connectivity index (χ0n) is 12.9. The number of benzene rings is 2. The Balaban J connectivity index is 2.38. The minimum absolute atomic E-state index is 0.255. The van der Waals surface area contributed by atoms with Gasteiger partial charge in [0.2, 0.25) is 0 Å². The van der Waals surface area contributed by atoms with Gasteiger partial charge >= 0.3 is 5.97 Å². The summed E-state index contributed by atoms with van der Waals surface area (Å²) in [5.74, 6) is -0.532. The number of hydrogen-bond donors (Lipinski definition) is 1. The second-order valence-corrected chi connectivity index (χ2v) is 5.05. The number of esters is 1. The van der Waals surface area contributed by atoms with E-state index < -0.39 is 11.8 Å². The van der Waals surface area contributed by atoms with E-state index in [4.69, 9.17) is 21.1 Å². The van der Waals surface area contributed by atoms with Gasteiger partial charge < -0.3 is 14.8 Å². The highest BCUT2D eigenvalue weighted by molar-refractivity contribution is 6.31. The summed E-state index contributed by atoms with van der Waals surface area (Å²) in [6, 6.07) is 8.97. The monoisotopic (exact) mass is 337 g/mol. The van der Waals surface area contributed by atoms with Crippen molar-refractivity contribution in [1.82, 2.24) is 0 Å². The number of carbonyl (C=O) groups is 1. The van der Waals surface area contributed by atoms with Gasteiger partial charge in [-0.15, -0.1) is 0 Å². The molecule has 0 aromatic heterocycles. The number of carbonyl (C=O) groups excluding carboxylic acids is 1. The molecule has 0 fully saturated rings. The zero-order chi connectivity index (χ0) is 16.8. The van der Waals surface area contributed by atoms with Crippen molar-refractivity contribution < 1.29 is 18.7 Å². The molecule has 0 aliphatic rings. The Bertz CT molecular complexity index is 706. The molecule has 0 aliphatic carbocycles. The van der Waals surface area contributed by atoms with Crippen LogP contribution < -0.4 is 10.1 Å². The summed E-state index contributed by atoms with van der Waals surface area (Å²) in [6.45, 7) is 4.18. The molecule has 0 unspecified atom stereocenters. The fraction of sp³-hybridized carbons (Fsp3) is 0.235. The summed E-state index contributed by atoms with van der Waals surface area (Å²) in [5, 5.41) is 3.49. The second kappa shape index (κ2) is 7.83. The molecule has 0 bridgehead atoms. The van der Waals surface area contributed by atoms with Crippen LogP contribution in [0.3, 0.4) is 0 Å². The minimum atomic E-state index is -0.488. The first-order valence-corrected chi connectivity index (χ1v) is 7.59. The molecule has 23 heavy (non-hydrogen) atoms. The fourth-order valence-corrected chi connectivity index (χ4v) is 2.19. The summed E-state index contributed by atoms with van der Waals surface area (Å²) in [5.41, 5.74) is 1.34. The predicted octanol–water partition coefficient (Wildman–Crippen LogP) is 4.80. The highest BCUT2D eigenvalue weighted by Gasteiger charge is 2.15. The third-order valence-corrected chi connectivity index (χ3v) is 3.22. The average molecular weight is 338 g/mol. The number of anilines is 2. The summed E-state index contributed by atoms with van der Waals surface area (Å²) < 4.78 is 23.8. The van der Waals surface area contributed by atoms with E-state index in [2.05, 4.69) is 5.32 Å². The smallest absolute Gasteiger partial charge is 0.340 e. The largest absolute Gasteiger partial charge is 0.492 e. The Kier molecular flexibility index (Phi) is 5.82. The highest BCUT2D eigenvalue weighted by Crippen LogP contribution is 2.31. The molecule has 0 aliphatic heterocycles. The highest BCUT2D eigenvalue weighted by atomic mass is 35.5. The molecule has 2 aromatic carbocycles. The lowest BCUT2D eigenvalue weighted by atomic mass is 10.1. The quantitative estimate of drug-likeness (QED) is 0.769. The lowest BCUT2D eigenvalue weighted by Gasteiger charge is -2.15. The van der Waals surface area contributed by atoms with Crippen molar-refractivity contribution in [2.24, 2.45) is 0 Å². The van der Waals surface area contributed by atoms with Crippen LogP contribution in [-0.4, -0.2) is 19.2 Å². The van der Waals surface area contributed by atoms with E-state index in [1.807, 2.05) is 0 Å². The van der Waals surface area contributed by atoms with E-state index in [1.54, 1.807) is 32.0 Å². The van der Waals surface area contributed by atoms with Gasteiger partial charge in [0.25, 0.3) is 0 Å². The average Bonchev–Trinajstić information content (AvgIpc) is 2.52. The minimum Gasteiger partial charge on any atom is -0.492 e. The Morgan fingerprint density at radius 1 is 1.13 bits per heavy atom. The molecule has 0 saturated heterocycles. The third-order valence-electron chi connectivity index (χ3n) is 2.99. The van der Waals surface area contributed by atoms with Crippen molar-refractivity contribution in [2.75, 3.05) is 18.5 Å². The molecule has 122 valence electrons. The van der Waals surface area contributed by atoms with Crippen LogP contribution in [0.2, 0.25) is 5.02 Å². The van der Waals surface area contributed by atoms with Gasteiger partial charge in [-0.25, -0.2) is 9.18 Å². The van der Waals surface area contributed by atoms with Gasteiger partial charge in [0.05, 0.1) is 30.2 Å². The summed E-state index contributed by atoms with van der Waals surface area (Å²) in [6.07, 6.45) is 0. The zero-order valence-corrected chi connectivity index (χ0v) is 13.6. The SMILES string of the molecule is CCOC(=O)c1cc(Cl)ccc1Nc1ccc(F)cc1OCC. The first-order chi connectivity index (χ1) is 11.0. The molecule has 0 radical (unpaired) electrons. The lowest BCUT2D eigenvalue weighted by molar-refractivity contribution is 0.0527. The van der Waals surface area contributed by atoms with E-state index in [9.17, 15) is 9.18 Å². The van der Waals surface area contributed by atoms with Gasteiger partial charge in [-0.1, -0.05) is 11.6 Å². The number of ether oxygens (including phenoxy) is 2. The molecule has 6 heteroatoms. The van der Waals surface area contributed by atoms with Crippen molar-refractivity contribution >= 4 is 28.9 Å². The van der Waals surface area contributed by atoms with Crippen LogP contribution in [0.5, 0.6) is 5.75 Å². The Hall–Kier alpha value is -2.27. The van der Waals surface area contributed by atoms with Gasteiger partial charge in [-0.2, -0.15) is 0 Å². The van der Waals surface area contributed by atoms with E-state index in [0.717, 1.165) is 0 Å². The maximum absolute atomic E-state index is 13.4. The Morgan fingerprint density at radius 3 is 2.57 bits per heavy atom. The van der Waals surface area contributed by atoms with Gasteiger partial charge in [-0.3, -0.25) is 0 Å². The van der Waals surface area contributed by atoms with Crippen molar-refractivity contribution in [2.45, 2.75) is 13.8 Å². The first kappa shape index (κ1) is 17.1. The molecule has 1 N–H and O–H groups in total. The Labute approximate surface area is 139 Å². The molecule has 0 saturated carbocycles. The molecule has 0 atom stereocenters. The maximum atomic E-state index is 13.4. The molecule has 2 aromatic rings.